The minimum absolute atomic E-state index is 0.105. The Morgan fingerprint density at radius 3 is 0.768 bits per heavy atom. The van der Waals surface area contributed by atoms with Crippen molar-refractivity contribution >= 4 is 39.5 Å². The average molecular weight is 1450 g/mol. The molecule has 0 amide bonds. The molecule has 0 saturated carbocycles. The van der Waals surface area contributed by atoms with E-state index in [0.717, 1.165) is 108 Å². The standard InChI is InChI=1S/C80H156O17P2/c1-8-10-11-12-13-14-15-16-17-18-19-20-21-22-23-24-25-33-42-49-56-63-79(84)96-75(67-90-77(82)61-54-47-40-32-29-27-31-39-46-53-60-73(7)9-2)69-94-98(86,87)92-65-74(81)66-93-99(88,89)95-70-76(68-91-78(83)62-55-48-41-36-35-38-45-52-59-72(5)6)97-80(85)64-57-50-43-34-28-26-30-37-44-51-58-71(3)4/h71-76,81H,8-70H2,1-7H3,(H,86,87)(H,88,89)/t73?,74-,75-,76-/m1/s1. The molecule has 0 bridgehead atoms. The molecule has 0 aliphatic rings. The summed E-state index contributed by atoms with van der Waals surface area (Å²) in [6.07, 6.45) is 58.3. The van der Waals surface area contributed by atoms with Gasteiger partial charge in [-0.25, -0.2) is 9.13 Å². The van der Waals surface area contributed by atoms with Crippen molar-refractivity contribution in [2.45, 2.75) is 433 Å². The Balaban J connectivity index is 5.23. The number of phosphoric ester groups is 2. The monoisotopic (exact) mass is 1450 g/mol. The Kier molecular flexibility index (Phi) is 69.0. The molecule has 0 saturated heterocycles. The summed E-state index contributed by atoms with van der Waals surface area (Å²) in [6.45, 7) is 11.9. The highest BCUT2D eigenvalue weighted by Gasteiger charge is 2.30. The first-order valence-electron chi connectivity index (χ1n) is 41.4. The van der Waals surface area contributed by atoms with E-state index >= 15 is 0 Å². The van der Waals surface area contributed by atoms with Crippen LogP contribution in [0.15, 0.2) is 0 Å². The third kappa shape index (κ3) is 72.8. The molecule has 19 heteroatoms. The molecule has 3 N–H and O–H groups in total. The van der Waals surface area contributed by atoms with Gasteiger partial charge in [-0.2, -0.15) is 0 Å². The van der Waals surface area contributed by atoms with Crippen LogP contribution in [0.5, 0.6) is 0 Å². The summed E-state index contributed by atoms with van der Waals surface area (Å²) >= 11 is 0. The van der Waals surface area contributed by atoms with Crippen LogP contribution in [0.1, 0.15) is 414 Å². The van der Waals surface area contributed by atoms with Gasteiger partial charge in [0.25, 0.3) is 0 Å². The lowest BCUT2D eigenvalue weighted by Gasteiger charge is -2.21. The zero-order valence-corrected chi connectivity index (χ0v) is 66.8. The summed E-state index contributed by atoms with van der Waals surface area (Å²) in [7, 11) is -9.92. The Labute approximate surface area is 607 Å². The number of phosphoric acid groups is 2. The van der Waals surface area contributed by atoms with Gasteiger partial charge >= 0.3 is 39.5 Å². The van der Waals surface area contributed by atoms with Gasteiger partial charge in [0, 0.05) is 25.7 Å². The van der Waals surface area contributed by atoms with Gasteiger partial charge in [-0.1, -0.05) is 363 Å². The first-order valence-corrected chi connectivity index (χ1v) is 44.4. The molecule has 0 aliphatic carbocycles. The number of ether oxygens (including phenoxy) is 4. The summed E-state index contributed by atoms with van der Waals surface area (Å²) < 4.78 is 68.7. The molecule has 0 rings (SSSR count). The summed E-state index contributed by atoms with van der Waals surface area (Å²) in [5.41, 5.74) is 0. The number of esters is 4. The number of aliphatic hydroxyl groups is 1. The number of unbranched alkanes of at least 4 members (excludes halogenated alkanes) is 45. The highest BCUT2D eigenvalue weighted by Crippen LogP contribution is 2.45. The van der Waals surface area contributed by atoms with Crippen LogP contribution < -0.4 is 0 Å². The minimum atomic E-state index is -4.96. The lowest BCUT2D eigenvalue weighted by molar-refractivity contribution is -0.161. The van der Waals surface area contributed by atoms with E-state index in [0.29, 0.717) is 25.7 Å². The number of hydrogen-bond acceptors (Lipinski definition) is 15. The van der Waals surface area contributed by atoms with E-state index < -0.39 is 97.5 Å². The topological polar surface area (TPSA) is 237 Å². The zero-order valence-electron chi connectivity index (χ0n) is 65.0. The smallest absolute Gasteiger partial charge is 0.462 e. The third-order valence-corrected chi connectivity index (χ3v) is 20.9. The van der Waals surface area contributed by atoms with Gasteiger partial charge in [0.2, 0.25) is 0 Å². The Hall–Kier alpha value is -1.94. The van der Waals surface area contributed by atoms with Gasteiger partial charge in [0.05, 0.1) is 26.4 Å². The minimum Gasteiger partial charge on any atom is -0.462 e. The molecule has 0 aromatic carbocycles. The van der Waals surface area contributed by atoms with E-state index in [1.165, 1.54) is 225 Å². The number of carbonyl (C=O) groups excluding carboxylic acids is 4. The molecule has 99 heavy (non-hydrogen) atoms. The van der Waals surface area contributed by atoms with Gasteiger partial charge in [-0.05, 0) is 43.4 Å². The van der Waals surface area contributed by atoms with Crippen LogP contribution in [0.2, 0.25) is 0 Å². The van der Waals surface area contributed by atoms with Crippen molar-refractivity contribution in [1.29, 1.82) is 0 Å². The van der Waals surface area contributed by atoms with E-state index in [4.69, 9.17) is 37.0 Å². The fourth-order valence-corrected chi connectivity index (χ4v) is 13.9. The highest BCUT2D eigenvalue weighted by molar-refractivity contribution is 7.47. The Bertz CT molecular complexity index is 1920. The normalized spacial score (nSPS) is 14.3. The van der Waals surface area contributed by atoms with Gasteiger partial charge in [-0.3, -0.25) is 37.3 Å². The maximum absolute atomic E-state index is 13.1. The predicted octanol–water partition coefficient (Wildman–Crippen LogP) is 23.7. The quantitative estimate of drug-likeness (QED) is 0.0222. The molecule has 0 fully saturated rings. The molecular formula is C80H156O17P2. The van der Waals surface area contributed by atoms with Crippen LogP contribution in [-0.4, -0.2) is 96.7 Å². The molecule has 3 unspecified atom stereocenters. The van der Waals surface area contributed by atoms with Crippen molar-refractivity contribution in [3.8, 4) is 0 Å². The van der Waals surface area contributed by atoms with Crippen LogP contribution in [0.3, 0.4) is 0 Å². The fourth-order valence-electron chi connectivity index (χ4n) is 12.3. The van der Waals surface area contributed by atoms with Crippen LogP contribution in [0, 0.1) is 17.8 Å². The van der Waals surface area contributed by atoms with E-state index in [-0.39, 0.29) is 25.7 Å². The molecule has 6 atom stereocenters. The summed E-state index contributed by atoms with van der Waals surface area (Å²) in [5.74, 6) is 0.173. The molecule has 0 spiro atoms. The lowest BCUT2D eigenvalue weighted by atomic mass is 9.99. The van der Waals surface area contributed by atoms with Crippen molar-refractivity contribution in [3.63, 3.8) is 0 Å². The molecule has 0 aliphatic heterocycles. The van der Waals surface area contributed by atoms with Crippen LogP contribution in [-0.2, 0) is 65.4 Å². The van der Waals surface area contributed by atoms with E-state index in [1.54, 1.807) is 0 Å². The summed E-state index contributed by atoms with van der Waals surface area (Å²) in [6, 6.07) is 0. The summed E-state index contributed by atoms with van der Waals surface area (Å²) in [4.78, 5) is 73.0. The second-order valence-corrected chi connectivity index (χ2v) is 32.9. The highest BCUT2D eigenvalue weighted by atomic mass is 31.2. The van der Waals surface area contributed by atoms with E-state index in [1.807, 2.05) is 0 Å². The van der Waals surface area contributed by atoms with Crippen molar-refractivity contribution in [3.05, 3.63) is 0 Å². The van der Waals surface area contributed by atoms with Crippen molar-refractivity contribution < 1.29 is 80.2 Å². The van der Waals surface area contributed by atoms with E-state index in [9.17, 15) is 43.2 Å². The Morgan fingerprint density at radius 2 is 0.515 bits per heavy atom. The van der Waals surface area contributed by atoms with Crippen LogP contribution >= 0.6 is 15.6 Å². The number of aliphatic hydroxyl groups excluding tert-OH is 1. The molecule has 0 aromatic heterocycles. The van der Waals surface area contributed by atoms with Gasteiger partial charge in [0.1, 0.15) is 19.3 Å². The van der Waals surface area contributed by atoms with Crippen molar-refractivity contribution in [2.24, 2.45) is 17.8 Å². The fraction of sp³-hybridized carbons (Fsp3) is 0.950. The lowest BCUT2D eigenvalue weighted by Crippen LogP contribution is -2.30. The van der Waals surface area contributed by atoms with Gasteiger partial charge in [-0.15, -0.1) is 0 Å². The largest absolute Gasteiger partial charge is 0.472 e. The predicted molar refractivity (Wildman–Crippen MR) is 405 cm³/mol. The SMILES string of the molecule is CCCCCCCCCCCCCCCCCCCCCCCC(=O)O[C@H](COC(=O)CCCCCCCCCCCCC(C)CC)COP(=O)(O)OC[C@@H](O)COP(=O)(O)OC[C@@H](COC(=O)CCCCCCCCCCC(C)C)OC(=O)CCCCCCCCCCCCC(C)C. The molecule has 0 heterocycles. The molecular weight excluding hydrogens is 1290 g/mol. The second kappa shape index (κ2) is 70.4. The maximum atomic E-state index is 13.1. The van der Waals surface area contributed by atoms with E-state index in [2.05, 4.69) is 48.5 Å². The molecule has 17 nitrogen and oxygen atoms in total. The zero-order chi connectivity index (χ0) is 73.0. The van der Waals surface area contributed by atoms with Gasteiger partial charge < -0.3 is 33.8 Å². The molecule has 0 aromatic rings. The van der Waals surface area contributed by atoms with Crippen LogP contribution in [0.4, 0.5) is 0 Å². The molecule has 0 radical (unpaired) electrons. The van der Waals surface area contributed by atoms with Crippen molar-refractivity contribution in [1.82, 2.24) is 0 Å². The summed E-state index contributed by atoms with van der Waals surface area (Å²) in [5, 5.41) is 10.6. The third-order valence-electron chi connectivity index (χ3n) is 19.0. The average Bonchev–Trinajstić information content (AvgIpc) is 0.988. The second-order valence-electron chi connectivity index (χ2n) is 30.0. The first-order chi connectivity index (χ1) is 47.8. The van der Waals surface area contributed by atoms with Gasteiger partial charge in [0.15, 0.2) is 12.2 Å². The number of hydrogen-bond donors (Lipinski definition) is 3. The maximum Gasteiger partial charge on any atom is 0.472 e. The number of carbonyl (C=O) groups is 4. The number of rotatable bonds is 78. The Morgan fingerprint density at radius 1 is 0.293 bits per heavy atom. The first kappa shape index (κ1) is 97.1. The van der Waals surface area contributed by atoms with Crippen molar-refractivity contribution in [2.75, 3.05) is 39.6 Å². The molecule has 588 valence electrons. The van der Waals surface area contributed by atoms with Crippen LogP contribution in [0.25, 0.3) is 0 Å².